The summed E-state index contributed by atoms with van der Waals surface area (Å²) in [6.07, 6.45) is 4.54. The first kappa shape index (κ1) is 17.6. The predicted molar refractivity (Wildman–Crippen MR) is 94.8 cm³/mol. The van der Waals surface area contributed by atoms with Crippen LogP contribution in [0.25, 0.3) is 0 Å². The van der Waals surface area contributed by atoms with E-state index in [2.05, 4.69) is 16.5 Å². The molecule has 0 unspecified atom stereocenters. The van der Waals surface area contributed by atoms with Crippen LogP contribution in [0.3, 0.4) is 0 Å². The molecule has 2 aliphatic rings. The molecule has 0 saturated carbocycles. The number of pyridine rings is 1. The van der Waals surface area contributed by atoms with Crippen LogP contribution in [0.5, 0.6) is 0 Å². The Balaban J connectivity index is 1.92. The van der Waals surface area contributed by atoms with Gasteiger partial charge in [-0.1, -0.05) is 19.4 Å². The number of fused-ring (bicyclic) bond motifs is 4. The number of hydrogen-bond acceptors (Lipinski definition) is 4. The topological polar surface area (TPSA) is 71.4 Å². The quantitative estimate of drug-likeness (QED) is 0.833. The molecule has 1 aromatic heterocycles. The lowest BCUT2D eigenvalue weighted by Gasteiger charge is -2.47. The summed E-state index contributed by atoms with van der Waals surface area (Å²) in [7, 11) is -3.27. The van der Waals surface area contributed by atoms with E-state index in [1.807, 2.05) is 16.7 Å². The van der Waals surface area contributed by atoms with Crippen molar-refractivity contribution < 1.29 is 8.42 Å². The molecule has 0 spiro atoms. The molecule has 24 heavy (non-hydrogen) atoms. The van der Waals surface area contributed by atoms with Crippen LogP contribution in [-0.2, 0) is 10.0 Å². The lowest BCUT2D eigenvalue weighted by Crippen LogP contribution is -2.52. The maximum atomic E-state index is 12.5. The highest BCUT2D eigenvalue weighted by atomic mass is 32.2. The normalized spacial score (nSPS) is 27.0. The third-order valence-corrected chi connectivity index (χ3v) is 5.95. The van der Waals surface area contributed by atoms with E-state index in [4.69, 9.17) is 0 Å². The number of sulfonamides is 1. The van der Waals surface area contributed by atoms with E-state index < -0.39 is 10.0 Å². The van der Waals surface area contributed by atoms with E-state index in [0.29, 0.717) is 11.8 Å². The average molecular weight is 353 g/mol. The van der Waals surface area contributed by atoms with Crippen molar-refractivity contribution in [2.75, 3.05) is 32.4 Å². The third-order valence-electron chi connectivity index (χ3n) is 5.26. The first-order chi connectivity index (χ1) is 11.4. The van der Waals surface area contributed by atoms with Gasteiger partial charge in [0.2, 0.25) is 10.0 Å². The molecule has 3 rings (SSSR count). The number of aromatic nitrogens is 1. The number of unbranched alkanes of at least 4 members (excludes halogenated alkanes) is 1. The minimum absolute atomic E-state index is 0.0236. The van der Waals surface area contributed by atoms with Crippen molar-refractivity contribution in [1.82, 2.24) is 14.2 Å². The van der Waals surface area contributed by atoms with Gasteiger partial charge in [-0.25, -0.2) is 13.1 Å². The summed E-state index contributed by atoms with van der Waals surface area (Å²) >= 11 is 0. The van der Waals surface area contributed by atoms with Crippen LogP contribution in [0.15, 0.2) is 23.0 Å². The Labute approximate surface area is 143 Å². The van der Waals surface area contributed by atoms with Gasteiger partial charge in [0.25, 0.3) is 5.56 Å². The molecule has 6 nitrogen and oxygen atoms in total. The molecule has 7 heteroatoms. The van der Waals surface area contributed by atoms with Crippen molar-refractivity contribution in [3.8, 4) is 0 Å². The molecule has 0 aromatic carbocycles. The van der Waals surface area contributed by atoms with Crippen molar-refractivity contribution in [1.29, 1.82) is 0 Å². The van der Waals surface area contributed by atoms with Crippen LogP contribution in [0, 0.1) is 5.92 Å². The SMILES string of the molecule is CCCCN1C[C@H]2C[C@@H](C1)[C@H](CNS(C)(=O)=O)n1c2cccc1=O. The molecule has 1 saturated heterocycles. The zero-order valence-corrected chi connectivity index (χ0v) is 15.3. The van der Waals surface area contributed by atoms with Crippen LogP contribution in [0.1, 0.15) is 43.8 Å². The molecule has 1 fully saturated rings. The highest BCUT2D eigenvalue weighted by Gasteiger charge is 2.40. The number of nitrogens with one attached hydrogen (secondary N) is 1. The van der Waals surface area contributed by atoms with Gasteiger partial charge < -0.3 is 9.47 Å². The minimum Gasteiger partial charge on any atom is -0.308 e. The van der Waals surface area contributed by atoms with Crippen molar-refractivity contribution >= 4 is 10.0 Å². The largest absolute Gasteiger partial charge is 0.308 e. The Hall–Kier alpha value is -1.18. The number of hydrogen-bond donors (Lipinski definition) is 1. The summed E-state index contributed by atoms with van der Waals surface area (Å²) in [6, 6.07) is 5.32. The second kappa shape index (κ2) is 6.98. The second-order valence-electron chi connectivity index (χ2n) is 7.15. The van der Waals surface area contributed by atoms with Crippen LogP contribution in [-0.4, -0.2) is 50.3 Å². The monoisotopic (exact) mass is 353 g/mol. The van der Waals surface area contributed by atoms with Crippen molar-refractivity contribution in [3.05, 3.63) is 34.2 Å². The fraction of sp³-hybridized carbons (Fsp3) is 0.706. The average Bonchev–Trinajstić information content (AvgIpc) is 2.52. The van der Waals surface area contributed by atoms with Gasteiger partial charge in [0.05, 0.1) is 12.3 Å². The van der Waals surface area contributed by atoms with Gasteiger partial charge in [-0.15, -0.1) is 0 Å². The zero-order chi connectivity index (χ0) is 17.3. The molecule has 3 heterocycles. The lowest BCUT2D eigenvalue weighted by molar-refractivity contribution is 0.0910. The zero-order valence-electron chi connectivity index (χ0n) is 14.4. The van der Waals surface area contributed by atoms with Gasteiger partial charge in [0.15, 0.2) is 0 Å². The summed E-state index contributed by atoms with van der Waals surface area (Å²) < 4.78 is 27.5. The van der Waals surface area contributed by atoms with Crippen LogP contribution in [0.2, 0.25) is 0 Å². The Bertz CT molecular complexity index is 744. The summed E-state index contributed by atoms with van der Waals surface area (Å²) in [6.45, 7) is 5.49. The van der Waals surface area contributed by atoms with E-state index in [0.717, 1.165) is 31.7 Å². The molecule has 2 bridgehead atoms. The third kappa shape index (κ3) is 3.73. The van der Waals surface area contributed by atoms with Gasteiger partial charge in [-0.3, -0.25) is 4.79 Å². The highest BCUT2D eigenvalue weighted by Crippen LogP contribution is 2.40. The van der Waals surface area contributed by atoms with Gasteiger partial charge >= 0.3 is 0 Å². The van der Waals surface area contributed by atoms with Gasteiger partial charge in [-0.2, -0.15) is 0 Å². The molecular weight excluding hydrogens is 326 g/mol. The first-order valence-electron chi connectivity index (χ1n) is 8.77. The molecule has 1 N–H and O–H groups in total. The Morgan fingerprint density at radius 1 is 1.29 bits per heavy atom. The molecule has 3 atom stereocenters. The minimum atomic E-state index is -3.27. The summed E-state index contributed by atoms with van der Waals surface area (Å²) in [5, 5.41) is 0. The molecule has 0 aliphatic carbocycles. The van der Waals surface area contributed by atoms with Gasteiger partial charge in [0.1, 0.15) is 0 Å². The van der Waals surface area contributed by atoms with Crippen LogP contribution >= 0.6 is 0 Å². The van der Waals surface area contributed by atoms with Crippen LogP contribution in [0.4, 0.5) is 0 Å². The Kier molecular flexibility index (Phi) is 5.13. The van der Waals surface area contributed by atoms with E-state index in [9.17, 15) is 13.2 Å². The molecule has 2 aliphatic heterocycles. The van der Waals surface area contributed by atoms with E-state index in [-0.39, 0.29) is 18.1 Å². The van der Waals surface area contributed by atoms with Crippen molar-refractivity contribution in [2.45, 2.75) is 38.1 Å². The summed E-state index contributed by atoms with van der Waals surface area (Å²) in [5.41, 5.74) is 1.03. The predicted octanol–water partition coefficient (Wildman–Crippen LogP) is 1.16. The Morgan fingerprint density at radius 2 is 2.08 bits per heavy atom. The molecule has 1 aromatic rings. The van der Waals surface area contributed by atoms with Gasteiger partial charge in [0, 0.05) is 37.3 Å². The molecule has 134 valence electrons. The lowest BCUT2D eigenvalue weighted by atomic mass is 9.78. The van der Waals surface area contributed by atoms with Crippen molar-refractivity contribution in [2.24, 2.45) is 5.92 Å². The molecule has 0 amide bonds. The number of nitrogens with zero attached hydrogens (tertiary/aromatic N) is 2. The molecular formula is C17H27N3O3S. The van der Waals surface area contributed by atoms with E-state index in [1.165, 1.54) is 19.1 Å². The summed E-state index contributed by atoms with van der Waals surface area (Å²) in [4.78, 5) is 14.9. The van der Waals surface area contributed by atoms with Crippen LogP contribution < -0.4 is 10.3 Å². The number of rotatable bonds is 6. The second-order valence-corrected chi connectivity index (χ2v) is 8.99. The first-order valence-corrected chi connectivity index (χ1v) is 10.7. The summed E-state index contributed by atoms with van der Waals surface area (Å²) in [5.74, 6) is 0.673. The number of likely N-dealkylation sites (tertiary alicyclic amines) is 1. The highest BCUT2D eigenvalue weighted by molar-refractivity contribution is 7.88. The maximum Gasteiger partial charge on any atom is 0.251 e. The fourth-order valence-corrected chi connectivity index (χ4v) is 4.67. The van der Waals surface area contributed by atoms with E-state index in [1.54, 1.807) is 6.07 Å². The van der Waals surface area contributed by atoms with E-state index >= 15 is 0 Å². The van der Waals surface area contributed by atoms with Crippen molar-refractivity contribution in [3.63, 3.8) is 0 Å². The fourth-order valence-electron chi connectivity index (χ4n) is 4.20. The molecule has 0 radical (unpaired) electrons. The maximum absolute atomic E-state index is 12.5. The standard InChI is InChI=1S/C17H27N3O3S/c1-3-4-8-19-11-13-9-14(12-19)16(10-18-24(2,22)23)20-15(13)6-5-7-17(20)21/h5-7,13-14,16,18H,3-4,8-12H2,1-2H3/t13-,14+,16+/m1/s1. The number of piperidine rings is 1. The Morgan fingerprint density at radius 3 is 2.79 bits per heavy atom. The smallest absolute Gasteiger partial charge is 0.251 e. The van der Waals surface area contributed by atoms with Gasteiger partial charge in [-0.05, 0) is 31.4 Å².